The third-order valence-corrected chi connectivity index (χ3v) is 5.98. The van der Waals surface area contributed by atoms with Crippen LogP contribution in [-0.4, -0.2) is 30.5 Å². The number of amides is 1. The second kappa shape index (κ2) is 9.33. The van der Waals surface area contributed by atoms with Crippen LogP contribution in [0.4, 0.5) is 5.69 Å². The van der Waals surface area contributed by atoms with E-state index in [9.17, 15) is 14.7 Å². The Hall–Kier alpha value is -4.00. The smallest absolute Gasteiger partial charge is 0.300 e. The van der Waals surface area contributed by atoms with Gasteiger partial charge in [0.1, 0.15) is 29.1 Å². The lowest BCUT2D eigenvalue weighted by Crippen LogP contribution is -2.29. The van der Waals surface area contributed by atoms with E-state index >= 15 is 0 Å². The summed E-state index contributed by atoms with van der Waals surface area (Å²) in [6.07, 6.45) is 1.47. The summed E-state index contributed by atoms with van der Waals surface area (Å²) in [7, 11) is 1.49. The standard InChI is InChI=1S/C28H29NO6/c1-6-34-19-10-7-9-18(16-19)29-24(22-11-8-14-35-22)23(26(31)27(29)32)25(30)20-15-17(28(2,3)4)12-13-21(20)33-5/h7-16,24,30H,6H2,1-5H3/b25-23+. The highest BCUT2D eigenvalue weighted by Gasteiger charge is 2.48. The first-order valence-corrected chi connectivity index (χ1v) is 11.4. The molecule has 1 aromatic heterocycles. The highest BCUT2D eigenvalue weighted by molar-refractivity contribution is 6.51. The van der Waals surface area contributed by atoms with Gasteiger partial charge in [0, 0.05) is 11.8 Å². The molecule has 1 amide bonds. The van der Waals surface area contributed by atoms with Crippen LogP contribution in [0.3, 0.4) is 0 Å². The molecule has 0 saturated carbocycles. The number of ether oxygens (including phenoxy) is 2. The Kier molecular flexibility index (Phi) is 6.43. The van der Waals surface area contributed by atoms with Crippen LogP contribution in [0.15, 0.2) is 70.9 Å². The number of furan rings is 1. The summed E-state index contributed by atoms with van der Waals surface area (Å²) in [6, 6.07) is 14.7. The van der Waals surface area contributed by atoms with Gasteiger partial charge in [0.15, 0.2) is 0 Å². The van der Waals surface area contributed by atoms with E-state index in [1.807, 2.05) is 33.8 Å². The van der Waals surface area contributed by atoms with E-state index in [0.29, 0.717) is 35.1 Å². The minimum absolute atomic E-state index is 0.0730. The quantitative estimate of drug-likeness (QED) is 0.283. The zero-order valence-electron chi connectivity index (χ0n) is 20.5. The predicted octanol–water partition coefficient (Wildman–Crippen LogP) is 5.61. The van der Waals surface area contributed by atoms with Gasteiger partial charge in [0.05, 0.1) is 31.1 Å². The number of aliphatic hydroxyl groups excluding tert-OH is 1. The molecule has 7 heteroatoms. The molecule has 3 aromatic rings. The van der Waals surface area contributed by atoms with Gasteiger partial charge in [0.2, 0.25) is 0 Å². The van der Waals surface area contributed by atoms with E-state index in [-0.39, 0.29) is 16.7 Å². The van der Waals surface area contributed by atoms with Crippen molar-refractivity contribution in [3.63, 3.8) is 0 Å². The topological polar surface area (TPSA) is 89.2 Å². The fraction of sp³-hybridized carbons (Fsp3) is 0.286. The fourth-order valence-corrected chi connectivity index (χ4v) is 4.21. The second-order valence-corrected chi connectivity index (χ2v) is 9.28. The number of rotatable bonds is 6. The molecule has 4 rings (SSSR count). The number of ketones is 1. The lowest BCUT2D eigenvalue weighted by atomic mass is 9.85. The molecule has 1 fully saturated rings. The van der Waals surface area contributed by atoms with Crippen LogP contribution in [0.25, 0.3) is 5.76 Å². The van der Waals surface area contributed by atoms with Crippen LogP contribution in [-0.2, 0) is 15.0 Å². The van der Waals surface area contributed by atoms with Crippen molar-refractivity contribution in [2.45, 2.75) is 39.2 Å². The van der Waals surface area contributed by atoms with Crippen molar-refractivity contribution in [2.75, 3.05) is 18.6 Å². The average molecular weight is 476 g/mol. The molecule has 1 aliphatic heterocycles. The summed E-state index contributed by atoms with van der Waals surface area (Å²) < 4.78 is 16.7. The molecule has 1 atom stereocenters. The van der Waals surface area contributed by atoms with Crippen molar-refractivity contribution < 1.29 is 28.6 Å². The number of methoxy groups -OCH3 is 1. The Morgan fingerprint density at radius 1 is 1.09 bits per heavy atom. The maximum atomic E-state index is 13.4. The molecule has 1 unspecified atom stereocenters. The zero-order valence-corrected chi connectivity index (χ0v) is 20.5. The largest absolute Gasteiger partial charge is 0.507 e. The van der Waals surface area contributed by atoms with Crippen LogP contribution in [0.5, 0.6) is 11.5 Å². The molecule has 2 aromatic carbocycles. The van der Waals surface area contributed by atoms with Crippen LogP contribution >= 0.6 is 0 Å². The molecule has 0 radical (unpaired) electrons. The molecular weight excluding hydrogens is 446 g/mol. The highest BCUT2D eigenvalue weighted by atomic mass is 16.5. The number of hydrogen-bond acceptors (Lipinski definition) is 6. The van der Waals surface area contributed by atoms with Crippen molar-refractivity contribution in [1.29, 1.82) is 0 Å². The minimum Gasteiger partial charge on any atom is -0.507 e. The van der Waals surface area contributed by atoms with Crippen LogP contribution < -0.4 is 14.4 Å². The summed E-state index contributed by atoms with van der Waals surface area (Å²) in [4.78, 5) is 28.0. The van der Waals surface area contributed by atoms with E-state index in [4.69, 9.17) is 13.9 Å². The van der Waals surface area contributed by atoms with Crippen LogP contribution in [0.1, 0.15) is 50.6 Å². The summed E-state index contributed by atoms with van der Waals surface area (Å²) >= 11 is 0. The number of nitrogens with zero attached hydrogens (tertiary/aromatic N) is 1. The molecule has 1 saturated heterocycles. The van der Waals surface area contributed by atoms with Crippen molar-refractivity contribution in [3.05, 3.63) is 83.3 Å². The molecule has 35 heavy (non-hydrogen) atoms. The molecule has 7 nitrogen and oxygen atoms in total. The molecule has 182 valence electrons. The van der Waals surface area contributed by atoms with E-state index in [0.717, 1.165) is 5.56 Å². The van der Waals surface area contributed by atoms with Crippen molar-refractivity contribution >= 4 is 23.1 Å². The normalized spacial score (nSPS) is 17.6. The Morgan fingerprint density at radius 3 is 2.49 bits per heavy atom. The summed E-state index contributed by atoms with van der Waals surface area (Å²) in [5.41, 5.74) is 1.43. The van der Waals surface area contributed by atoms with Crippen LogP contribution in [0, 0.1) is 0 Å². The predicted molar refractivity (Wildman–Crippen MR) is 133 cm³/mol. The number of carbonyl (C=O) groups is 2. The number of anilines is 1. The molecule has 2 heterocycles. The number of Topliss-reactive ketones (excluding diaryl/α,β-unsaturated/α-hetero) is 1. The maximum absolute atomic E-state index is 13.4. The van der Waals surface area contributed by atoms with Gasteiger partial charge in [-0.2, -0.15) is 0 Å². The van der Waals surface area contributed by atoms with E-state index in [1.54, 1.807) is 48.5 Å². The average Bonchev–Trinajstić information content (AvgIpc) is 3.45. The Balaban J connectivity index is 1.94. The third-order valence-electron chi connectivity index (χ3n) is 5.98. The highest BCUT2D eigenvalue weighted by Crippen LogP contribution is 2.44. The molecule has 0 bridgehead atoms. The lowest BCUT2D eigenvalue weighted by Gasteiger charge is -2.24. The number of hydrogen-bond donors (Lipinski definition) is 1. The van der Waals surface area contributed by atoms with Gasteiger partial charge < -0.3 is 19.0 Å². The monoisotopic (exact) mass is 475 g/mol. The second-order valence-electron chi connectivity index (χ2n) is 9.28. The Bertz CT molecular complexity index is 1280. The van der Waals surface area contributed by atoms with Gasteiger partial charge in [-0.1, -0.05) is 32.9 Å². The van der Waals surface area contributed by atoms with Gasteiger partial charge in [0.25, 0.3) is 11.7 Å². The molecular formula is C28H29NO6. The Labute approximate surface area is 204 Å². The van der Waals surface area contributed by atoms with Gasteiger partial charge in [-0.05, 0) is 54.3 Å². The number of benzene rings is 2. The first-order chi connectivity index (χ1) is 16.7. The lowest BCUT2D eigenvalue weighted by molar-refractivity contribution is -0.132. The SMILES string of the molecule is CCOc1cccc(N2C(=O)C(=O)/C(=C(/O)c3cc(C(C)(C)C)ccc3OC)C2c2ccco2)c1. The Morgan fingerprint density at radius 2 is 1.86 bits per heavy atom. The van der Waals surface area contributed by atoms with Crippen LogP contribution in [0.2, 0.25) is 0 Å². The number of aliphatic hydroxyl groups is 1. The van der Waals surface area contributed by atoms with Gasteiger partial charge in [-0.3, -0.25) is 14.5 Å². The van der Waals surface area contributed by atoms with Crippen molar-refractivity contribution in [1.82, 2.24) is 0 Å². The summed E-state index contributed by atoms with van der Waals surface area (Å²) in [6.45, 7) is 8.46. The number of carbonyl (C=O) groups excluding carboxylic acids is 2. The first-order valence-electron chi connectivity index (χ1n) is 11.4. The van der Waals surface area contributed by atoms with E-state index < -0.39 is 17.7 Å². The summed E-state index contributed by atoms with van der Waals surface area (Å²) in [5.74, 6) is -0.612. The van der Waals surface area contributed by atoms with Crippen molar-refractivity contribution in [3.8, 4) is 11.5 Å². The molecule has 1 N–H and O–H groups in total. The summed E-state index contributed by atoms with van der Waals surface area (Å²) in [5, 5.41) is 11.5. The van der Waals surface area contributed by atoms with Gasteiger partial charge in [-0.15, -0.1) is 0 Å². The molecule has 0 spiro atoms. The minimum atomic E-state index is -0.968. The van der Waals surface area contributed by atoms with E-state index in [1.165, 1.54) is 18.3 Å². The maximum Gasteiger partial charge on any atom is 0.300 e. The fourth-order valence-electron chi connectivity index (χ4n) is 4.21. The zero-order chi connectivity index (χ0) is 25.3. The van der Waals surface area contributed by atoms with Gasteiger partial charge >= 0.3 is 0 Å². The molecule has 0 aliphatic carbocycles. The first kappa shape index (κ1) is 24.1. The van der Waals surface area contributed by atoms with E-state index in [2.05, 4.69) is 0 Å². The van der Waals surface area contributed by atoms with Crippen molar-refractivity contribution in [2.24, 2.45) is 0 Å². The third kappa shape index (κ3) is 4.41. The molecule has 1 aliphatic rings. The van der Waals surface area contributed by atoms with Gasteiger partial charge in [-0.25, -0.2) is 0 Å².